The van der Waals surface area contributed by atoms with Crippen LogP contribution in [0.5, 0.6) is 0 Å². The lowest BCUT2D eigenvalue weighted by Gasteiger charge is -2.20. The quantitative estimate of drug-likeness (QED) is 0.771. The van der Waals surface area contributed by atoms with Crippen LogP contribution in [-0.4, -0.2) is 12.6 Å². The van der Waals surface area contributed by atoms with Crippen molar-refractivity contribution >= 4 is 0 Å². The molecule has 1 rings (SSSR count). The normalized spacial score (nSPS) is 13.1. The molecule has 0 saturated carbocycles. The molecule has 1 aromatic carbocycles. The summed E-state index contributed by atoms with van der Waals surface area (Å²) >= 11 is 0. The van der Waals surface area contributed by atoms with Gasteiger partial charge in [0, 0.05) is 6.04 Å². The molecular formula is C15H25N. The summed E-state index contributed by atoms with van der Waals surface area (Å²) in [5.74, 6) is 0.725. The molecule has 1 atom stereocenters. The highest BCUT2D eigenvalue weighted by molar-refractivity contribution is 5.22. The van der Waals surface area contributed by atoms with E-state index in [0.29, 0.717) is 6.04 Å². The van der Waals surface area contributed by atoms with Gasteiger partial charge in [-0.25, -0.2) is 0 Å². The van der Waals surface area contributed by atoms with Crippen LogP contribution in [0.4, 0.5) is 0 Å². The third kappa shape index (κ3) is 4.36. The van der Waals surface area contributed by atoms with Crippen molar-refractivity contribution in [1.29, 1.82) is 0 Å². The summed E-state index contributed by atoms with van der Waals surface area (Å²) in [7, 11) is 0. The van der Waals surface area contributed by atoms with Gasteiger partial charge in [-0.3, -0.25) is 0 Å². The van der Waals surface area contributed by atoms with Crippen LogP contribution in [0.3, 0.4) is 0 Å². The summed E-state index contributed by atoms with van der Waals surface area (Å²) in [5.41, 5.74) is 2.79. The first-order valence-electron chi connectivity index (χ1n) is 6.42. The van der Waals surface area contributed by atoms with Crippen molar-refractivity contribution in [3.8, 4) is 0 Å². The van der Waals surface area contributed by atoms with Crippen LogP contribution in [0.15, 0.2) is 24.3 Å². The Balaban J connectivity index is 2.35. The molecule has 0 aromatic heterocycles. The van der Waals surface area contributed by atoms with E-state index in [4.69, 9.17) is 0 Å². The molecule has 1 N–H and O–H groups in total. The van der Waals surface area contributed by atoms with E-state index in [1.54, 1.807) is 0 Å². The maximum Gasteiger partial charge on any atom is 0.00875 e. The highest BCUT2D eigenvalue weighted by atomic mass is 14.9. The zero-order valence-corrected chi connectivity index (χ0v) is 11.1. The minimum Gasteiger partial charge on any atom is -0.313 e. The van der Waals surface area contributed by atoms with E-state index in [-0.39, 0.29) is 0 Å². The molecule has 0 heterocycles. The lowest BCUT2D eigenvalue weighted by atomic mass is 10.0. The third-order valence-electron chi connectivity index (χ3n) is 3.15. The van der Waals surface area contributed by atoms with Crippen molar-refractivity contribution in [3.63, 3.8) is 0 Å². The van der Waals surface area contributed by atoms with Crippen LogP contribution < -0.4 is 5.32 Å². The zero-order valence-electron chi connectivity index (χ0n) is 11.1. The van der Waals surface area contributed by atoms with Crippen molar-refractivity contribution in [2.24, 2.45) is 5.92 Å². The highest BCUT2D eigenvalue weighted by Gasteiger charge is 2.09. The fraction of sp³-hybridized carbons (Fsp3) is 0.600. The molecule has 0 bridgehead atoms. The molecule has 90 valence electrons. The fourth-order valence-electron chi connectivity index (χ4n) is 2.12. The molecule has 0 spiro atoms. The van der Waals surface area contributed by atoms with Crippen LogP contribution in [0.2, 0.25) is 0 Å². The molecule has 1 aromatic rings. The molecule has 0 fully saturated rings. The Morgan fingerprint density at radius 2 is 2.00 bits per heavy atom. The Morgan fingerprint density at radius 1 is 1.25 bits per heavy atom. The number of nitrogens with one attached hydrogen (secondary N) is 1. The lowest BCUT2D eigenvalue weighted by Crippen LogP contribution is -2.34. The molecule has 1 unspecified atom stereocenters. The Bertz CT molecular complexity index is 304. The summed E-state index contributed by atoms with van der Waals surface area (Å²) in [5, 5.41) is 3.64. The van der Waals surface area contributed by atoms with E-state index in [2.05, 4.69) is 57.3 Å². The van der Waals surface area contributed by atoms with Gasteiger partial charge in [0.2, 0.25) is 0 Å². The Morgan fingerprint density at radius 3 is 2.56 bits per heavy atom. The number of benzene rings is 1. The predicted molar refractivity (Wildman–Crippen MR) is 71.8 cm³/mol. The first-order valence-corrected chi connectivity index (χ1v) is 6.42. The Hall–Kier alpha value is -0.820. The largest absolute Gasteiger partial charge is 0.313 e. The first kappa shape index (κ1) is 13.2. The van der Waals surface area contributed by atoms with Crippen molar-refractivity contribution in [3.05, 3.63) is 35.4 Å². The fourth-order valence-corrected chi connectivity index (χ4v) is 2.12. The number of aryl methyl sites for hydroxylation is 1. The number of rotatable bonds is 6. The summed E-state index contributed by atoms with van der Waals surface area (Å²) in [6.07, 6.45) is 2.34. The summed E-state index contributed by atoms with van der Waals surface area (Å²) in [6.45, 7) is 10.1. The maximum absolute atomic E-state index is 3.64. The summed E-state index contributed by atoms with van der Waals surface area (Å²) in [6, 6.07) is 9.44. The summed E-state index contributed by atoms with van der Waals surface area (Å²) < 4.78 is 0. The van der Waals surface area contributed by atoms with Crippen LogP contribution in [0, 0.1) is 12.8 Å². The minimum absolute atomic E-state index is 0.657. The highest BCUT2D eigenvalue weighted by Crippen LogP contribution is 2.07. The van der Waals surface area contributed by atoms with E-state index >= 15 is 0 Å². The molecule has 0 aliphatic rings. The smallest absolute Gasteiger partial charge is 0.00875 e. The lowest BCUT2D eigenvalue weighted by molar-refractivity contribution is 0.391. The van der Waals surface area contributed by atoms with Gasteiger partial charge in [-0.05, 0) is 37.8 Å². The number of hydrogen-bond acceptors (Lipinski definition) is 1. The van der Waals surface area contributed by atoms with E-state index < -0.39 is 0 Å². The van der Waals surface area contributed by atoms with E-state index in [9.17, 15) is 0 Å². The predicted octanol–water partition coefficient (Wildman–Crippen LogP) is 3.56. The average Bonchev–Trinajstić information content (AvgIpc) is 2.24. The molecular weight excluding hydrogens is 194 g/mol. The SMILES string of the molecule is CCC(NCCc1cccc(C)c1)C(C)C. The summed E-state index contributed by atoms with van der Waals surface area (Å²) in [4.78, 5) is 0. The zero-order chi connectivity index (χ0) is 12.0. The van der Waals surface area contributed by atoms with Gasteiger partial charge < -0.3 is 5.32 Å². The molecule has 0 aliphatic heterocycles. The molecule has 0 saturated heterocycles. The van der Waals surface area contributed by atoms with Gasteiger partial charge in [0.15, 0.2) is 0 Å². The molecule has 0 aliphatic carbocycles. The van der Waals surface area contributed by atoms with Crippen LogP contribution >= 0.6 is 0 Å². The van der Waals surface area contributed by atoms with Gasteiger partial charge in [0.25, 0.3) is 0 Å². The monoisotopic (exact) mass is 219 g/mol. The Labute approximate surface area is 100 Å². The van der Waals surface area contributed by atoms with Gasteiger partial charge in [-0.1, -0.05) is 50.6 Å². The number of hydrogen-bond donors (Lipinski definition) is 1. The van der Waals surface area contributed by atoms with Gasteiger partial charge in [-0.15, -0.1) is 0 Å². The van der Waals surface area contributed by atoms with Crippen molar-refractivity contribution in [2.45, 2.75) is 46.6 Å². The second-order valence-electron chi connectivity index (χ2n) is 4.95. The second kappa shape index (κ2) is 6.70. The molecule has 0 amide bonds. The first-order chi connectivity index (χ1) is 7.63. The third-order valence-corrected chi connectivity index (χ3v) is 3.15. The second-order valence-corrected chi connectivity index (χ2v) is 4.95. The molecule has 1 heteroatoms. The molecule has 1 nitrogen and oxygen atoms in total. The average molecular weight is 219 g/mol. The maximum atomic E-state index is 3.64. The minimum atomic E-state index is 0.657. The van der Waals surface area contributed by atoms with Gasteiger partial charge in [-0.2, -0.15) is 0 Å². The van der Waals surface area contributed by atoms with Crippen LogP contribution in [0.25, 0.3) is 0 Å². The standard InChI is InChI=1S/C15H25N/c1-5-15(12(2)3)16-10-9-14-8-6-7-13(4)11-14/h6-8,11-12,15-16H,5,9-10H2,1-4H3. The van der Waals surface area contributed by atoms with Gasteiger partial charge in [0.05, 0.1) is 0 Å². The Kier molecular flexibility index (Phi) is 5.54. The van der Waals surface area contributed by atoms with E-state index in [1.165, 1.54) is 17.5 Å². The van der Waals surface area contributed by atoms with Gasteiger partial charge in [0.1, 0.15) is 0 Å². The van der Waals surface area contributed by atoms with Crippen molar-refractivity contribution in [1.82, 2.24) is 5.32 Å². The van der Waals surface area contributed by atoms with Gasteiger partial charge >= 0.3 is 0 Å². The topological polar surface area (TPSA) is 12.0 Å². The van der Waals surface area contributed by atoms with E-state index in [1.807, 2.05) is 0 Å². The van der Waals surface area contributed by atoms with Crippen LogP contribution in [-0.2, 0) is 6.42 Å². The van der Waals surface area contributed by atoms with Crippen molar-refractivity contribution < 1.29 is 0 Å². The van der Waals surface area contributed by atoms with Crippen molar-refractivity contribution in [2.75, 3.05) is 6.54 Å². The molecule has 0 radical (unpaired) electrons. The van der Waals surface area contributed by atoms with E-state index in [0.717, 1.165) is 18.9 Å². The van der Waals surface area contributed by atoms with Crippen LogP contribution in [0.1, 0.15) is 38.3 Å². The molecule has 16 heavy (non-hydrogen) atoms.